The predicted molar refractivity (Wildman–Crippen MR) is 82.0 cm³/mol. The molecule has 0 fully saturated rings. The number of benzene rings is 1. The summed E-state index contributed by atoms with van der Waals surface area (Å²) in [5.41, 5.74) is 3.71. The fourth-order valence-corrected chi connectivity index (χ4v) is 2.85. The van der Waals surface area contributed by atoms with Gasteiger partial charge in [0.1, 0.15) is 0 Å². The van der Waals surface area contributed by atoms with Gasteiger partial charge in [-0.15, -0.1) is 0 Å². The molecule has 0 aliphatic rings. The van der Waals surface area contributed by atoms with Crippen molar-refractivity contribution >= 4 is 16.9 Å². The molecule has 1 unspecified atom stereocenters. The van der Waals surface area contributed by atoms with Gasteiger partial charge in [0.15, 0.2) is 0 Å². The van der Waals surface area contributed by atoms with E-state index in [-0.39, 0.29) is 5.92 Å². The highest BCUT2D eigenvalue weighted by Crippen LogP contribution is 2.23. The topological polar surface area (TPSA) is 53.1 Å². The smallest absolute Gasteiger partial charge is 0.306 e. The molecule has 1 heterocycles. The lowest BCUT2D eigenvalue weighted by Gasteiger charge is -2.10. The molecule has 2 aromatic rings. The largest absolute Gasteiger partial charge is 0.481 e. The summed E-state index contributed by atoms with van der Waals surface area (Å²) in [6.07, 6.45) is 4.32. The van der Waals surface area contributed by atoms with Crippen molar-refractivity contribution in [3.8, 4) is 0 Å². The van der Waals surface area contributed by atoms with Crippen LogP contribution < -0.4 is 0 Å². The molecule has 1 aromatic heterocycles. The van der Waals surface area contributed by atoms with Gasteiger partial charge >= 0.3 is 5.97 Å². The second kappa shape index (κ2) is 6.60. The van der Waals surface area contributed by atoms with Crippen molar-refractivity contribution in [2.75, 3.05) is 0 Å². The van der Waals surface area contributed by atoms with E-state index < -0.39 is 5.97 Å². The van der Waals surface area contributed by atoms with Crippen LogP contribution in [0, 0.1) is 12.8 Å². The third-order valence-corrected chi connectivity index (χ3v) is 4.04. The summed E-state index contributed by atoms with van der Waals surface area (Å²) in [5.74, 6) is -0.843. The van der Waals surface area contributed by atoms with E-state index in [9.17, 15) is 4.79 Å². The average Bonchev–Trinajstić information content (AvgIpc) is 2.75. The molecular weight excluding hydrogens is 250 g/mol. The third kappa shape index (κ3) is 3.21. The Labute approximate surface area is 120 Å². The Morgan fingerprint density at radius 3 is 2.70 bits per heavy atom. The molecular formula is C17H23NO2. The van der Waals surface area contributed by atoms with Crippen molar-refractivity contribution in [3.63, 3.8) is 0 Å². The zero-order valence-electron chi connectivity index (χ0n) is 12.3. The summed E-state index contributed by atoms with van der Waals surface area (Å²) in [6, 6.07) is 8.29. The van der Waals surface area contributed by atoms with Gasteiger partial charge in [-0.2, -0.15) is 0 Å². The van der Waals surface area contributed by atoms with Crippen LogP contribution >= 0.6 is 0 Å². The first-order valence-corrected chi connectivity index (χ1v) is 7.42. The number of aliphatic carboxylic acids is 1. The van der Waals surface area contributed by atoms with Gasteiger partial charge in [-0.3, -0.25) is 4.79 Å². The first kappa shape index (κ1) is 14.6. The van der Waals surface area contributed by atoms with Crippen molar-refractivity contribution in [2.45, 2.75) is 46.0 Å². The van der Waals surface area contributed by atoms with Crippen LogP contribution in [0.2, 0.25) is 0 Å². The van der Waals surface area contributed by atoms with Crippen molar-refractivity contribution in [1.82, 2.24) is 4.98 Å². The van der Waals surface area contributed by atoms with E-state index in [2.05, 4.69) is 30.1 Å². The van der Waals surface area contributed by atoms with E-state index in [1.165, 1.54) is 22.2 Å². The first-order valence-electron chi connectivity index (χ1n) is 7.42. The molecule has 3 nitrogen and oxygen atoms in total. The number of fused-ring (bicyclic) bond motifs is 1. The number of aryl methyl sites for hydroxylation is 2. The number of carbonyl (C=O) groups is 1. The Morgan fingerprint density at radius 2 is 2.05 bits per heavy atom. The van der Waals surface area contributed by atoms with E-state index >= 15 is 0 Å². The zero-order valence-corrected chi connectivity index (χ0v) is 12.3. The van der Waals surface area contributed by atoms with Gasteiger partial charge < -0.3 is 10.1 Å². The Balaban J connectivity index is 1.99. The Kier molecular flexibility index (Phi) is 4.83. The number of nitrogens with one attached hydrogen (secondary N) is 1. The number of H-pyrrole nitrogens is 1. The lowest BCUT2D eigenvalue weighted by atomic mass is 9.96. The SMILES string of the molecule is CCCC(CCCc1[nH]c2ccccc2c1C)C(=O)O. The first-order chi connectivity index (χ1) is 9.63. The molecule has 0 saturated heterocycles. The van der Waals surface area contributed by atoms with Gasteiger partial charge in [-0.1, -0.05) is 31.5 Å². The van der Waals surface area contributed by atoms with Crippen molar-refractivity contribution in [2.24, 2.45) is 5.92 Å². The van der Waals surface area contributed by atoms with Crippen molar-refractivity contribution in [3.05, 3.63) is 35.5 Å². The van der Waals surface area contributed by atoms with Crippen LogP contribution in [0.4, 0.5) is 0 Å². The molecule has 2 rings (SSSR count). The van der Waals surface area contributed by atoms with E-state index in [1.54, 1.807) is 0 Å². The summed E-state index contributed by atoms with van der Waals surface area (Å²) >= 11 is 0. The Bertz CT molecular complexity index is 586. The number of rotatable bonds is 7. The van der Waals surface area contributed by atoms with Crippen LogP contribution in [0.15, 0.2) is 24.3 Å². The third-order valence-electron chi connectivity index (χ3n) is 4.04. The molecule has 20 heavy (non-hydrogen) atoms. The summed E-state index contributed by atoms with van der Waals surface area (Å²) in [7, 11) is 0. The van der Waals surface area contributed by atoms with Crippen LogP contribution in [0.5, 0.6) is 0 Å². The highest BCUT2D eigenvalue weighted by atomic mass is 16.4. The molecule has 0 spiro atoms. The normalized spacial score (nSPS) is 12.7. The lowest BCUT2D eigenvalue weighted by Crippen LogP contribution is -2.13. The van der Waals surface area contributed by atoms with E-state index in [4.69, 9.17) is 5.11 Å². The minimum absolute atomic E-state index is 0.190. The minimum atomic E-state index is -0.653. The van der Waals surface area contributed by atoms with Crippen LogP contribution in [0.1, 0.15) is 43.9 Å². The number of para-hydroxylation sites is 1. The molecule has 0 aliphatic heterocycles. The van der Waals surface area contributed by atoms with Crippen molar-refractivity contribution < 1.29 is 9.90 Å². The fraction of sp³-hybridized carbons (Fsp3) is 0.471. The number of carboxylic acids is 1. The van der Waals surface area contributed by atoms with Gasteiger partial charge in [0.2, 0.25) is 0 Å². The lowest BCUT2D eigenvalue weighted by molar-refractivity contribution is -0.142. The van der Waals surface area contributed by atoms with Gasteiger partial charge in [-0.25, -0.2) is 0 Å². The van der Waals surface area contributed by atoms with E-state index in [0.29, 0.717) is 0 Å². The standard InChI is InChI=1S/C17H23NO2/c1-3-7-13(17(19)20)8-6-11-15-12(2)14-9-4-5-10-16(14)18-15/h4-5,9-10,13,18H,3,6-8,11H2,1-2H3,(H,19,20). The van der Waals surface area contributed by atoms with Crippen molar-refractivity contribution in [1.29, 1.82) is 0 Å². The number of carboxylic acid groups (broad SMARTS) is 1. The minimum Gasteiger partial charge on any atom is -0.481 e. The molecule has 3 heteroatoms. The monoisotopic (exact) mass is 273 g/mol. The molecule has 2 N–H and O–H groups in total. The molecule has 0 bridgehead atoms. The molecule has 1 aromatic carbocycles. The molecule has 0 radical (unpaired) electrons. The molecule has 0 aliphatic carbocycles. The molecule has 0 amide bonds. The molecule has 0 saturated carbocycles. The number of aromatic nitrogens is 1. The number of hydrogen-bond donors (Lipinski definition) is 2. The second-order valence-corrected chi connectivity index (χ2v) is 5.49. The van der Waals surface area contributed by atoms with Crippen LogP contribution in [-0.2, 0) is 11.2 Å². The van der Waals surface area contributed by atoms with E-state index in [1.807, 2.05) is 13.0 Å². The predicted octanol–water partition coefficient (Wildman–Crippen LogP) is 4.30. The molecule has 1 atom stereocenters. The van der Waals surface area contributed by atoms with Crippen LogP contribution in [0.25, 0.3) is 10.9 Å². The maximum absolute atomic E-state index is 11.1. The highest BCUT2D eigenvalue weighted by Gasteiger charge is 2.16. The maximum Gasteiger partial charge on any atom is 0.306 e. The van der Waals surface area contributed by atoms with E-state index in [0.717, 1.165) is 32.1 Å². The summed E-state index contributed by atoms with van der Waals surface area (Å²) in [4.78, 5) is 14.6. The zero-order chi connectivity index (χ0) is 14.5. The van der Waals surface area contributed by atoms with Crippen LogP contribution in [0.3, 0.4) is 0 Å². The second-order valence-electron chi connectivity index (χ2n) is 5.49. The number of aromatic amines is 1. The van der Waals surface area contributed by atoms with Gasteiger partial charge in [0.05, 0.1) is 5.92 Å². The number of hydrogen-bond acceptors (Lipinski definition) is 1. The Morgan fingerprint density at radius 1 is 1.30 bits per heavy atom. The summed E-state index contributed by atoms with van der Waals surface area (Å²) < 4.78 is 0. The van der Waals surface area contributed by atoms with Gasteiger partial charge in [0.25, 0.3) is 0 Å². The molecule has 108 valence electrons. The fourth-order valence-electron chi connectivity index (χ4n) is 2.85. The van der Waals surface area contributed by atoms with Gasteiger partial charge in [-0.05, 0) is 44.2 Å². The summed E-state index contributed by atoms with van der Waals surface area (Å²) in [5, 5.41) is 10.4. The van der Waals surface area contributed by atoms with Crippen LogP contribution in [-0.4, -0.2) is 16.1 Å². The average molecular weight is 273 g/mol. The maximum atomic E-state index is 11.1. The van der Waals surface area contributed by atoms with Gasteiger partial charge in [0, 0.05) is 16.6 Å². The quantitative estimate of drug-likeness (QED) is 0.790. The Hall–Kier alpha value is -1.77. The summed E-state index contributed by atoms with van der Waals surface area (Å²) in [6.45, 7) is 4.17. The highest BCUT2D eigenvalue weighted by molar-refractivity contribution is 5.84.